The van der Waals surface area contributed by atoms with Gasteiger partial charge in [-0.1, -0.05) is 0 Å². The first-order valence-electron chi connectivity index (χ1n) is 6.49. The molecular weight excluding hydrogens is 250 g/mol. The molecule has 0 atom stereocenters. The van der Waals surface area contributed by atoms with Crippen LogP contribution in [0.2, 0.25) is 0 Å². The first kappa shape index (κ1) is 14.3. The van der Waals surface area contributed by atoms with E-state index < -0.39 is 28.8 Å². The first-order valence-corrected chi connectivity index (χ1v) is 6.49. The molecule has 6 heteroatoms. The zero-order valence-electron chi connectivity index (χ0n) is 11.9. The largest absolute Gasteiger partial charge is 0.422 e. The van der Waals surface area contributed by atoms with E-state index >= 15 is 0 Å². The van der Waals surface area contributed by atoms with E-state index in [2.05, 4.69) is 0 Å². The van der Waals surface area contributed by atoms with Crippen molar-refractivity contribution in [3.63, 3.8) is 0 Å². The topological polar surface area (TPSA) is 76.1 Å². The van der Waals surface area contributed by atoms with E-state index in [1.807, 2.05) is 27.7 Å². The Morgan fingerprint density at radius 3 is 1.68 bits per heavy atom. The minimum atomic E-state index is -1.27. The van der Waals surface area contributed by atoms with Crippen molar-refractivity contribution in [2.75, 3.05) is 0 Å². The lowest BCUT2D eigenvalue weighted by atomic mass is 9.78. The number of esters is 2. The summed E-state index contributed by atoms with van der Waals surface area (Å²) in [4.78, 5) is 23.4. The maximum atomic E-state index is 11.7. The second-order valence-corrected chi connectivity index (χ2v) is 6.65. The molecule has 6 nitrogen and oxygen atoms in total. The van der Waals surface area contributed by atoms with Gasteiger partial charge in [0.25, 0.3) is 5.79 Å². The third-order valence-corrected chi connectivity index (χ3v) is 3.68. The number of piperidine rings is 1. The molecule has 108 valence electrons. The molecule has 0 amide bonds. The van der Waals surface area contributed by atoms with Crippen molar-refractivity contribution in [1.29, 1.82) is 0 Å². The van der Waals surface area contributed by atoms with Crippen LogP contribution in [0.4, 0.5) is 0 Å². The van der Waals surface area contributed by atoms with Gasteiger partial charge in [-0.05, 0) is 27.7 Å². The molecule has 2 saturated heterocycles. The Hall–Kier alpha value is -1.14. The van der Waals surface area contributed by atoms with Crippen LogP contribution in [0.25, 0.3) is 0 Å². The second kappa shape index (κ2) is 4.18. The van der Waals surface area contributed by atoms with Gasteiger partial charge in [0.15, 0.2) is 0 Å². The zero-order chi connectivity index (χ0) is 14.5. The van der Waals surface area contributed by atoms with Gasteiger partial charge in [-0.2, -0.15) is 5.06 Å². The van der Waals surface area contributed by atoms with E-state index in [1.165, 1.54) is 5.06 Å². The van der Waals surface area contributed by atoms with Gasteiger partial charge in [0.05, 0.1) is 12.8 Å². The minimum Gasteiger partial charge on any atom is -0.422 e. The normalized spacial score (nSPS) is 29.5. The summed E-state index contributed by atoms with van der Waals surface area (Å²) in [5.74, 6) is -2.12. The van der Waals surface area contributed by atoms with E-state index in [1.54, 1.807) is 0 Å². The van der Waals surface area contributed by atoms with Gasteiger partial charge in [0.2, 0.25) is 0 Å². The molecule has 1 N–H and O–H groups in total. The summed E-state index contributed by atoms with van der Waals surface area (Å²) in [6.07, 6.45) is 0.587. The first-order chi connectivity index (χ1) is 8.56. The second-order valence-electron chi connectivity index (χ2n) is 6.65. The van der Waals surface area contributed by atoms with Gasteiger partial charge >= 0.3 is 11.9 Å². The molecule has 2 aliphatic rings. The highest BCUT2D eigenvalue weighted by molar-refractivity contribution is 5.79. The number of carbonyl (C=O) groups excluding carboxylic acids is 2. The van der Waals surface area contributed by atoms with E-state index in [-0.39, 0.29) is 25.7 Å². The average molecular weight is 271 g/mol. The monoisotopic (exact) mass is 271 g/mol. The lowest BCUT2D eigenvalue weighted by Gasteiger charge is -2.54. The minimum absolute atomic E-state index is 0.0459. The Labute approximate surface area is 112 Å². The van der Waals surface area contributed by atoms with Crippen LogP contribution in [0.15, 0.2) is 0 Å². The fourth-order valence-corrected chi connectivity index (χ4v) is 3.24. The van der Waals surface area contributed by atoms with Crippen LogP contribution in [0.5, 0.6) is 0 Å². The summed E-state index contributed by atoms with van der Waals surface area (Å²) >= 11 is 0. The zero-order valence-corrected chi connectivity index (χ0v) is 11.9. The van der Waals surface area contributed by atoms with Crippen molar-refractivity contribution in [1.82, 2.24) is 5.06 Å². The number of hydroxylamine groups is 2. The molecule has 2 fully saturated rings. The smallest absolute Gasteiger partial charge is 0.309 e. The number of carbonyl (C=O) groups is 2. The van der Waals surface area contributed by atoms with E-state index in [4.69, 9.17) is 9.47 Å². The van der Waals surface area contributed by atoms with Crippen LogP contribution < -0.4 is 0 Å². The molecule has 2 heterocycles. The summed E-state index contributed by atoms with van der Waals surface area (Å²) in [6.45, 7) is 7.29. The Morgan fingerprint density at radius 1 is 0.947 bits per heavy atom. The van der Waals surface area contributed by atoms with Crippen LogP contribution in [-0.4, -0.2) is 39.1 Å². The van der Waals surface area contributed by atoms with Gasteiger partial charge < -0.3 is 14.7 Å². The average Bonchev–Trinajstić information content (AvgIpc) is 2.33. The fourth-order valence-electron chi connectivity index (χ4n) is 3.24. The molecule has 19 heavy (non-hydrogen) atoms. The lowest BCUT2D eigenvalue weighted by Crippen LogP contribution is -2.65. The van der Waals surface area contributed by atoms with E-state index in [0.29, 0.717) is 0 Å². The molecule has 0 aromatic carbocycles. The van der Waals surface area contributed by atoms with Gasteiger partial charge in [0.1, 0.15) is 0 Å². The number of nitrogens with zero attached hydrogens (tertiary/aromatic N) is 1. The molecule has 0 unspecified atom stereocenters. The van der Waals surface area contributed by atoms with Crippen LogP contribution in [0.3, 0.4) is 0 Å². The van der Waals surface area contributed by atoms with E-state index in [0.717, 1.165) is 0 Å². The highest BCUT2D eigenvalue weighted by Gasteiger charge is 2.57. The molecule has 0 bridgehead atoms. The summed E-state index contributed by atoms with van der Waals surface area (Å²) in [5.41, 5.74) is -1.32. The Balaban J connectivity index is 2.37. The molecule has 0 aromatic rings. The maximum Gasteiger partial charge on any atom is 0.309 e. The Bertz CT molecular complexity index is 377. The van der Waals surface area contributed by atoms with Gasteiger partial charge in [-0.25, -0.2) is 0 Å². The summed E-state index contributed by atoms with van der Waals surface area (Å²) in [7, 11) is 0. The standard InChI is InChI=1S/C13H21NO5/c1-11(2)7-13(8-12(3,4)14(11)17)18-9(15)5-6-10(16)19-13/h17H,5-8H2,1-4H3. The highest BCUT2D eigenvalue weighted by atomic mass is 16.7. The fraction of sp³-hybridized carbons (Fsp3) is 0.846. The predicted molar refractivity (Wildman–Crippen MR) is 65.2 cm³/mol. The van der Waals surface area contributed by atoms with Crippen LogP contribution in [0.1, 0.15) is 53.4 Å². The molecular formula is C13H21NO5. The summed E-state index contributed by atoms with van der Waals surface area (Å²) in [5, 5.41) is 11.5. The van der Waals surface area contributed by atoms with Crippen molar-refractivity contribution in [2.45, 2.75) is 70.2 Å². The molecule has 0 radical (unpaired) electrons. The van der Waals surface area contributed by atoms with Gasteiger partial charge in [-0.3, -0.25) is 9.59 Å². The molecule has 0 aliphatic carbocycles. The van der Waals surface area contributed by atoms with Crippen molar-refractivity contribution >= 4 is 11.9 Å². The van der Waals surface area contributed by atoms with Crippen LogP contribution in [-0.2, 0) is 19.1 Å². The lowest BCUT2D eigenvalue weighted by molar-refractivity contribution is -0.321. The van der Waals surface area contributed by atoms with Crippen molar-refractivity contribution < 1.29 is 24.3 Å². The number of hydrogen-bond donors (Lipinski definition) is 1. The third kappa shape index (κ3) is 2.60. The maximum absolute atomic E-state index is 11.7. The van der Waals surface area contributed by atoms with Gasteiger partial charge in [0, 0.05) is 23.9 Å². The number of rotatable bonds is 0. The van der Waals surface area contributed by atoms with Crippen molar-refractivity contribution in [2.24, 2.45) is 0 Å². The Kier molecular flexibility index (Phi) is 3.14. The Morgan fingerprint density at radius 2 is 1.32 bits per heavy atom. The van der Waals surface area contributed by atoms with Crippen molar-refractivity contribution in [3.05, 3.63) is 0 Å². The molecule has 2 aliphatic heterocycles. The molecule has 1 spiro atoms. The summed E-state index contributed by atoms with van der Waals surface area (Å²) < 4.78 is 10.8. The van der Waals surface area contributed by atoms with Crippen molar-refractivity contribution in [3.8, 4) is 0 Å². The number of ether oxygens (including phenoxy) is 2. The number of hydrogen-bond acceptors (Lipinski definition) is 6. The van der Waals surface area contributed by atoms with E-state index in [9.17, 15) is 14.8 Å². The molecule has 0 aromatic heterocycles. The van der Waals surface area contributed by atoms with Crippen LogP contribution >= 0.6 is 0 Å². The summed E-state index contributed by atoms with van der Waals surface area (Å²) in [6, 6.07) is 0. The predicted octanol–water partition coefficient (Wildman–Crippen LogP) is 1.61. The molecule has 2 rings (SSSR count). The highest BCUT2D eigenvalue weighted by Crippen LogP contribution is 2.45. The SMILES string of the molecule is CC1(C)CC2(CC(C)(C)N1O)OC(=O)CCC(=O)O2. The van der Waals surface area contributed by atoms with Gasteiger partial charge in [-0.15, -0.1) is 0 Å². The van der Waals surface area contributed by atoms with Crippen LogP contribution in [0, 0.1) is 0 Å². The molecule has 0 saturated carbocycles. The quantitative estimate of drug-likeness (QED) is 0.674. The third-order valence-electron chi connectivity index (χ3n) is 3.68.